The molecule has 0 saturated carbocycles. The minimum Gasteiger partial charge on any atom is -0.344 e. The fraction of sp³-hybridized carbons (Fsp3) is 0.316. The van der Waals surface area contributed by atoms with Gasteiger partial charge < -0.3 is 10.6 Å². The second-order valence-electron chi connectivity index (χ2n) is 6.48. The number of hydrogen-bond acceptors (Lipinski definition) is 3. The van der Waals surface area contributed by atoms with Gasteiger partial charge in [0, 0.05) is 11.2 Å². The van der Waals surface area contributed by atoms with Gasteiger partial charge in [-0.15, -0.1) is 0 Å². The summed E-state index contributed by atoms with van der Waals surface area (Å²) >= 11 is 5.91. The Bertz CT molecular complexity index is 844. The molecule has 28 heavy (non-hydrogen) atoms. The maximum absolute atomic E-state index is 12.8. The zero-order chi connectivity index (χ0) is 20.3. The van der Waals surface area contributed by atoms with Crippen LogP contribution in [0.25, 0.3) is 0 Å². The predicted molar refractivity (Wildman–Crippen MR) is 96.4 cm³/mol. The number of nitrogens with zero attached hydrogens (tertiary/aromatic N) is 1. The maximum Gasteiger partial charge on any atom is 0.408 e. The van der Waals surface area contributed by atoms with E-state index in [-0.39, 0.29) is 12.8 Å². The Morgan fingerprint density at radius 1 is 1.18 bits per heavy atom. The number of alkyl halides is 3. The van der Waals surface area contributed by atoms with Crippen LogP contribution >= 0.6 is 11.6 Å². The van der Waals surface area contributed by atoms with Crippen LogP contribution < -0.4 is 10.6 Å². The summed E-state index contributed by atoms with van der Waals surface area (Å²) < 4.78 is 38.4. The van der Waals surface area contributed by atoms with Gasteiger partial charge in [0.25, 0.3) is 0 Å². The van der Waals surface area contributed by atoms with E-state index in [0.29, 0.717) is 16.3 Å². The Kier molecular flexibility index (Phi) is 5.88. The standard InChI is InChI=1S/C19H17ClF3N3O2/c20-12-6-4-11(5-7-12)16(14-3-1-2-10-24-14)26-18(28)13-8-9-15(19(21,22)23)25-17(13)27/h1-7,10,13,15-16H,8-9H2,(H,25,27)(H,26,28). The number of amides is 2. The molecule has 0 aliphatic carbocycles. The van der Waals surface area contributed by atoms with Gasteiger partial charge in [-0.1, -0.05) is 29.8 Å². The normalized spacial score (nSPS) is 20.9. The third kappa shape index (κ3) is 4.62. The smallest absolute Gasteiger partial charge is 0.344 e. The second kappa shape index (κ2) is 8.18. The van der Waals surface area contributed by atoms with Gasteiger partial charge in [-0.3, -0.25) is 14.6 Å². The van der Waals surface area contributed by atoms with E-state index in [1.54, 1.807) is 48.7 Å². The first-order valence-electron chi connectivity index (χ1n) is 8.59. The van der Waals surface area contributed by atoms with Gasteiger partial charge in [-0.05, 0) is 42.7 Å². The zero-order valence-corrected chi connectivity index (χ0v) is 15.3. The van der Waals surface area contributed by atoms with Crippen LogP contribution in [0, 0.1) is 5.92 Å². The molecule has 3 unspecified atom stereocenters. The SMILES string of the molecule is O=C(NC(c1ccc(Cl)cc1)c1ccccn1)C1CCC(C(F)(F)F)NC1=O. The highest BCUT2D eigenvalue weighted by molar-refractivity contribution is 6.30. The van der Waals surface area contributed by atoms with E-state index >= 15 is 0 Å². The van der Waals surface area contributed by atoms with E-state index < -0.39 is 36.0 Å². The van der Waals surface area contributed by atoms with Gasteiger partial charge in [0.1, 0.15) is 12.0 Å². The van der Waals surface area contributed by atoms with Crippen LogP contribution in [0.5, 0.6) is 0 Å². The number of nitrogens with one attached hydrogen (secondary N) is 2. The number of benzene rings is 1. The monoisotopic (exact) mass is 411 g/mol. The molecule has 0 spiro atoms. The van der Waals surface area contributed by atoms with Crippen LogP contribution in [0.1, 0.15) is 30.1 Å². The van der Waals surface area contributed by atoms with E-state index in [1.807, 2.05) is 5.32 Å². The Morgan fingerprint density at radius 2 is 1.89 bits per heavy atom. The summed E-state index contributed by atoms with van der Waals surface area (Å²) in [7, 11) is 0. The molecule has 1 saturated heterocycles. The van der Waals surface area contributed by atoms with Crippen LogP contribution in [0.3, 0.4) is 0 Å². The molecular formula is C19H17ClF3N3O2. The highest BCUT2D eigenvalue weighted by Gasteiger charge is 2.46. The lowest BCUT2D eigenvalue weighted by molar-refractivity contribution is -0.171. The number of hydrogen-bond donors (Lipinski definition) is 2. The molecule has 2 aromatic rings. The third-order valence-corrected chi connectivity index (χ3v) is 4.81. The molecule has 9 heteroatoms. The summed E-state index contributed by atoms with van der Waals surface area (Å²) in [6.07, 6.45) is -3.50. The molecule has 1 aliphatic rings. The number of rotatable bonds is 4. The quantitative estimate of drug-likeness (QED) is 0.757. The molecule has 2 heterocycles. The molecule has 0 radical (unpaired) electrons. The zero-order valence-electron chi connectivity index (χ0n) is 14.5. The Balaban J connectivity index is 1.79. The molecule has 2 N–H and O–H groups in total. The lowest BCUT2D eigenvalue weighted by atomic mass is 9.92. The summed E-state index contributed by atoms with van der Waals surface area (Å²) in [5.41, 5.74) is 1.21. The lowest BCUT2D eigenvalue weighted by Gasteiger charge is -2.30. The topological polar surface area (TPSA) is 71.1 Å². The van der Waals surface area contributed by atoms with Crippen LogP contribution in [-0.2, 0) is 9.59 Å². The highest BCUT2D eigenvalue weighted by atomic mass is 35.5. The predicted octanol–water partition coefficient (Wildman–Crippen LogP) is 3.40. The summed E-state index contributed by atoms with van der Waals surface area (Å²) in [4.78, 5) is 29.0. The van der Waals surface area contributed by atoms with Crippen molar-refractivity contribution in [3.63, 3.8) is 0 Å². The molecule has 3 rings (SSSR count). The Labute approximate surface area is 164 Å². The van der Waals surface area contributed by atoms with E-state index in [9.17, 15) is 22.8 Å². The first-order valence-corrected chi connectivity index (χ1v) is 8.97. The molecule has 1 aromatic heterocycles. The summed E-state index contributed by atoms with van der Waals surface area (Å²) in [5.74, 6) is -2.78. The van der Waals surface area contributed by atoms with Crippen LogP contribution in [-0.4, -0.2) is 29.0 Å². The number of carbonyl (C=O) groups is 2. The third-order valence-electron chi connectivity index (χ3n) is 4.56. The fourth-order valence-corrected chi connectivity index (χ4v) is 3.20. The van der Waals surface area contributed by atoms with Gasteiger partial charge in [-0.25, -0.2) is 0 Å². The number of piperidine rings is 1. The maximum atomic E-state index is 12.8. The first kappa shape index (κ1) is 20.1. The molecule has 1 aromatic carbocycles. The molecule has 1 fully saturated rings. The second-order valence-corrected chi connectivity index (χ2v) is 6.92. The molecule has 2 amide bonds. The average Bonchev–Trinajstić information content (AvgIpc) is 2.66. The van der Waals surface area contributed by atoms with Gasteiger partial charge >= 0.3 is 6.18 Å². The minimum absolute atomic E-state index is 0.183. The summed E-state index contributed by atoms with van der Waals surface area (Å²) in [5, 5.41) is 5.14. The van der Waals surface area contributed by atoms with Gasteiger partial charge in [0.15, 0.2) is 0 Å². The van der Waals surface area contributed by atoms with Crippen molar-refractivity contribution < 1.29 is 22.8 Å². The average molecular weight is 412 g/mol. The number of pyridine rings is 1. The number of carbonyl (C=O) groups excluding carboxylic acids is 2. The molecule has 148 valence electrons. The lowest BCUT2D eigenvalue weighted by Crippen LogP contribution is -2.54. The number of aromatic nitrogens is 1. The first-order chi connectivity index (χ1) is 13.3. The number of halogens is 4. The van der Waals surface area contributed by atoms with Crippen molar-refractivity contribution in [3.05, 3.63) is 64.9 Å². The fourth-order valence-electron chi connectivity index (χ4n) is 3.08. The Hall–Kier alpha value is -2.61. The Morgan fingerprint density at radius 3 is 2.46 bits per heavy atom. The largest absolute Gasteiger partial charge is 0.408 e. The minimum atomic E-state index is -4.53. The molecule has 5 nitrogen and oxygen atoms in total. The van der Waals surface area contributed by atoms with Crippen molar-refractivity contribution in [2.45, 2.75) is 31.1 Å². The van der Waals surface area contributed by atoms with Crippen molar-refractivity contribution >= 4 is 23.4 Å². The van der Waals surface area contributed by atoms with Crippen LogP contribution in [0.2, 0.25) is 5.02 Å². The molecule has 0 bridgehead atoms. The van der Waals surface area contributed by atoms with Gasteiger partial charge in [0.2, 0.25) is 11.8 Å². The van der Waals surface area contributed by atoms with E-state index in [4.69, 9.17) is 11.6 Å². The van der Waals surface area contributed by atoms with Crippen LogP contribution in [0.15, 0.2) is 48.7 Å². The summed E-state index contributed by atoms with van der Waals surface area (Å²) in [6.45, 7) is 0. The molecular weight excluding hydrogens is 395 g/mol. The highest BCUT2D eigenvalue weighted by Crippen LogP contribution is 2.29. The van der Waals surface area contributed by atoms with Crippen LogP contribution in [0.4, 0.5) is 13.2 Å². The van der Waals surface area contributed by atoms with Gasteiger partial charge in [-0.2, -0.15) is 13.2 Å². The van der Waals surface area contributed by atoms with E-state index in [2.05, 4.69) is 10.3 Å². The summed E-state index contributed by atoms with van der Waals surface area (Å²) in [6, 6.07) is 9.31. The van der Waals surface area contributed by atoms with E-state index in [1.165, 1.54) is 0 Å². The van der Waals surface area contributed by atoms with Gasteiger partial charge in [0.05, 0.1) is 11.7 Å². The van der Waals surface area contributed by atoms with Crippen molar-refractivity contribution in [1.29, 1.82) is 0 Å². The molecule has 3 atom stereocenters. The van der Waals surface area contributed by atoms with Crippen molar-refractivity contribution in [2.75, 3.05) is 0 Å². The van der Waals surface area contributed by atoms with Crippen molar-refractivity contribution in [1.82, 2.24) is 15.6 Å². The molecule has 1 aliphatic heterocycles. The van der Waals surface area contributed by atoms with E-state index in [0.717, 1.165) is 0 Å². The van der Waals surface area contributed by atoms with Crippen molar-refractivity contribution in [2.24, 2.45) is 5.92 Å². The van der Waals surface area contributed by atoms with Crippen molar-refractivity contribution in [3.8, 4) is 0 Å².